The van der Waals surface area contributed by atoms with Crippen LogP contribution in [0.5, 0.6) is 0 Å². The first-order valence-corrected chi connectivity index (χ1v) is 14.4. The maximum atomic E-state index is 11.0. The highest BCUT2D eigenvalue weighted by Gasteiger charge is 2.40. The van der Waals surface area contributed by atoms with Crippen molar-refractivity contribution in [1.29, 1.82) is 0 Å². The zero-order valence-corrected chi connectivity index (χ0v) is 21.5. The third-order valence-corrected chi connectivity index (χ3v) is 7.72. The van der Waals surface area contributed by atoms with Gasteiger partial charge < -0.3 is 22.8 Å². The number of esters is 1. The van der Waals surface area contributed by atoms with Crippen LogP contribution >= 0.6 is 0 Å². The summed E-state index contributed by atoms with van der Waals surface area (Å²) in [5.41, 5.74) is 0. The number of ether oxygens (including phenoxy) is 2. The Bertz CT molecular complexity index is 388. The summed E-state index contributed by atoms with van der Waals surface area (Å²) in [5, 5.41) is 0. The largest absolute Gasteiger partial charge is 0.501 e. The smallest absolute Gasteiger partial charge is 0.462 e. The van der Waals surface area contributed by atoms with Gasteiger partial charge in [0.05, 0.1) is 6.61 Å². The molecule has 0 rings (SSSR count). The molecule has 0 unspecified atom stereocenters. The van der Waals surface area contributed by atoms with Gasteiger partial charge in [0.2, 0.25) is 0 Å². The first-order chi connectivity index (χ1) is 15.1. The van der Waals surface area contributed by atoms with Crippen LogP contribution in [0.2, 0.25) is 6.04 Å². The fourth-order valence-corrected chi connectivity index (χ4v) is 5.59. The van der Waals surface area contributed by atoms with Crippen LogP contribution in [0.15, 0.2) is 12.7 Å². The highest BCUT2D eigenvalue weighted by molar-refractivity contribution is 6.60. The lowest BCUT2D eigenvalue weighted by molar-refractivity contribution is -0.138. The number of carbonyl (C=O) groups excluding carboxylic acids is 1. The second kappa shape index (κ2) is 22.5. The minimum Gasteiger partial charge on any atom is -0.462 e. The average molecular weight is 461 g/mol. The van der Waals surface area contributed by atoms with E-state index in [1.54, 1.807) is 0 Å². The van der Waals surface area contributed by atoms with Crippen LogP contribution in [0.1, 0.15) is 91.4 Å². The van der Waals surface area contributed by atoms with Crippen molar-refractivity contribution in [2.75, 3.05) is 39.6 Å². The molecule has 31 heavy (non-hydrogen) atoms. The van der Waals surface area contributed by atoms with E-state index < -0.39 is 14.8 Å². The highest BCUT2D eigenvalue weighted by Crippen LogP contribution is 2.21. The molecule has 0 aromatic heterocycles. The second-order valence-electron chi connectivity index (χ2n) is 7.79. The van der Waals surface area contributed by atoms with Gasteiger partial charge in [-0.2, -0.15) is 0 Å². The molecule has 0 amide bonds. The van der Waals surface area contributed by atoms with Gasteiger partial charge in [-0.1, -0.05) is 65.9 Å². The summed E-state index contributed by atoms with van der Waals surface area (Å²) in [4.78, 5) is 11.0. The predicted octanol–water partition coefficient (Wildman–Crippen LogP) is 6.07. The lowest BCUT2D eigenvalue weighted by atomic mass is 10.3. The molecule has 0 atom stereocenters. The van der Waals surface area contributed by atoms with E-state index in [1.807, 2.05) is 0 Å². The van der Waals surface area contributed by atoms with Crippen LogP contribution in [-0.4, -0.2) is 54.4 Å². The summed E-state index contributed by atoms with van der Waals surface area (Å²) < 4.78 is 29.7. The molecule has 0 aliphatic rings. The minimum atomic E-state index is -2.70. The molecule has 0 saturated carbocycles. The van der Waals surface area contributed by atoms with Gasteiger partial charge in [0.15, 0.2) is 0 Å². The maximum Gasteiger partial charge on any atom is 0.501 e. The number of unbranched alkanes of at least 4 members (excludes halogenated alkanes) is 6. The Balaban J connectivity index is 4.53. The fraction of sp³-hybridized carbons (Fsp3) is 0.875. The van der Waals surface area contributed by atoms with Crippen molar-refractivity contribution >= 4 is 14.8 Å². The molecule has 0 aromatic carbocycles. The van der Waals surface area contributed by atoms with Gasteiger partial charge >= 0.3 is 14.8 Å². The molecule has 7 heteroatoms. The summed E-state index contributed by atoms with van der Waals surface area (Å²) in [7, 11) is -2.70. The SMILES string of the molecule is C=CC(=O)OCCCOCCC[Si](OCCCCC)(OCCCCC)OCCCCC. The Kier molecular flexibility index (Phi) is 21.9. The number of hydrogen-bond acceptors (Lipinski definition) is 6. The van der Waals surface area contributed by atoms with Crippen LogP contribution in [0.4, 0.5) is 0 Å². The number of carbonyl (C=O) groups is 1. The van der Waals surface area contributed by atoms with Crippen molar-refractivity contribution in [3.8, 4) is 0 Å². The van der Waals surface area contributed by atoms with Gasteiger partial charge in [-0.3, -0.25) is 0 Å². The van der Waals surface area contributed by atoms with Crippen LogP contribution in [0.3, 0.4) is 0 Å². The van der Waals surface area contributed by atoms with Crippen LogP contribution in [-0.2, 0) is 27.5 Å². The molecule has 0 aliphatic heterocycles. The molecule has 0 saturated heterocycles. The van der Waals surface area contributed by atoms with E-state index in [0.29, 0.717) is 46.1 Å². The summed E-state index contributed by atoms with van der Waals surface area (Å²) in [5.74, 6) is -0.392. The summed E-state index contributed by atoms with van der Waals surface area (Å²) in [6.07, 6.45) is 12.8. The Hall–Kier alpha value is -0.733. The van der Waals surface area contributed by atoms with Crippen LogP contribution in [0.25, 0.3) is 0 Å². The topological polar surface area (TPSA) is 63.2 Å². The minimum absolute atomic E-state index is 0.352. The highest BCUT2D eigenvalue weighted by atomic mass is 28.4. The van der Waals surface area contributed by atoms with E-state index in [2.05, 4.69) is 27.4 Å². The van der Waals surface area contributed by atoms with Gasteiger partial charge in [-0.25, -0.2) is 4.79 Å². The monoisotopic (exact) mass is 460 g/mol. The molecule has 0 heterocycles. The molecule has 184 valence electrons. The normalized spacial score (nSPS) is 11.6. The lowest BCUT2D eigenvalue weighted by Crippen LogP contribution is -2.47. The Labute approximate surface area is 192 Å². The fourth-order valence-electron chi connectivity index (χ4n) is 2.97. The summed E-state index contributed by atoms with van der Waals surface area (Å²) >= 11 is 0. The van der Waals surface area contributed by atoms with Crippen molar-refractivity contribution in [3.05, 3.63) is 12.7 Å². The molecule has 0 aliphatic carbocycles. The van der Waals surface area contributed by atoms with Gasteiger partial charge in [-0.05, 0) is 25.7 Å². The molecule has 6 nitrogen and oxygen atoms in total. The zero-order chi connectivity index (χ0) is 23.0. The van der Waals surface area contributed by atoms with Crippen molar-refractivity contribution in [3.63, 3.8) is 0 Å². The van der Waals surface area contributed by atoms with E-state index >= 15 is 0 Å². The van der Waals surface area contributed by atoms with E-state index in [4.69, 9.17) is 22.8 Å². The van der Waals surface area contributed by atoms with Gasteiger partial charge in [0, 0.05) is 51.6 Å². The molecular weight excluding hydrogens is 412 g/mol. The number of hydrogen-bond donors (Lipinski definition) is 0. The van der Waals surface area contributed by atoms with Gasteiger partial charge in [0.25, 0.3) is 0 Å². The molecule has 0 radical (unpaired) electrons. The summed E-state index contributed by atoms with van der Waals surface area (Å²) in [6.45, 7) is 13.6. The quantitative estimate of drug-likeness (QED) is 0.0753. The maximum absolute atomic E-state index is 11.0. The van der Waals surface area contributed by atoms with E-state index in [1.165, 1.54) is 25.3 Å². The Morgan fingerprint density at radius 2 is 1.16 bits per heavy atom. The lowest BCUT2D eigenvalue weighted by Gasteiger charge is -2.30. The summed E-state index contributed by atoms with van der Waals surface area (Å²) in [6, 6.07) is 0.781. The Morgan fingerprint density at radius 1 is 0.677 bits per heavy atom. The van der Waals surface area contributed by atoms with Crippen molar-refractivity contribution in [2.24, 2.45) is 0 Å². The molecule has 0 bridgehead atoms. The van der Waals surface area contributed by atoms with Gasteiger partial charge in [-0.15, -0.1) is 0 Å². The standard InChI is InChI=1S/C24H48O6Si/c1-5-9-12-20-28-31(29-21-13-10-6-2,30-22-14-11-7-3)23-16-18-26-17-15-19-27-24(25)8-4/h8H,4-7,9-23H2,1-3H3. The van der Waals surface area contributed by atoms with Crippen molar-refractivity contribution < 1.29 is 27.5 Å². The first kappa shape index (κ1) is 30.3. The number of rotatable bonds is 24. The average Bonchev–Trinajstić information content (AvgIpc) is 2.78. The van der Waals surface area contributed by atoms with E-state index in [9.17, 15) is 4.79 Å². The van der Waals surface area contributed by atoms with Crippen molar-refractivity contribution in [1.82, 2.24) is 0 Å². The molecule has 0 spiro atoms. The van der Waals surface area contributed by atoms with Crippen molar-refractivity contribution in [2.45, 2.75) is 97.4 Å². The molecule has 0 N–H and O–H groups in total. The molecular formula is C24H48O6Si. The third kappa shape index (κ3) is 18.5. The van der Waals surface area contributed by atoms with Gasteiger partial charge in [0.1, 0.15) is 0 Å². The van der Waals surface area contributed by atoms with E-state index in [0.717, 1.165) is 51.0 Å². The molecule has 0 aromatic rings. The third-order valence-electron chi connectivity index (χ3n) is 4.83. The zero-order valence-electron chi connectivity index (χ0n) is 20.5. The second-order valence-corrected chi connectivity index (χ2v) is 10.5. The Morgan fingerprint density at radius 3 is 1.61 bits per heavy atom. The van der Waals surface area contributed by atoms with Crippen LogP contribution < -0.4 is 0 Å². The first-order valence-electron chi connectivity index (χ1n) is 12.4. The predicted molar refractivity (Wildman–Crippen MR) is 128 cm³/mol. The van der Waals surface area contributed by atoms with Crippen LogP contribution in [0, 0.1) is 0 Å². The van der Waals surface area contributed by atoms with E-state index in [-0.39, 0.29) is 0 Å². The molecule has 0 fully saturated rings.